The van der Waals surface area contributed by atoms with Crippen molar-refractivity contribution in [2.24, 2.45) is 22.2 Å². The third-order valence-corrected chi connectivity index (χ3v) is 3.83. The van der Waals surface area contributed by atoms with Gasteiger partial charge in [0.1, 0.15) is 24.7 Å². The molecular formula is C16H29N7O8. The number of hydrogen-bond donors (Lipinski definition) is 9. The fraction of sp³-hybridized carbons (Fsp3) is 0.625. The molecule has 4 unspecified atom stereocenters. The number of nitrogens with zero attached hydrogens (tertiary/aromatic N) is 1. The molecular weight excluding hydrogens is 418 g/mol. The molecule has 0 spiro atoms. The average Bonchev–Trinajstić information content (AvgIpc) is 2.66. The molecule has 0 aliphatic carbocycles. The number of aliphatic hydroxyl groups excluding tert-OH is 1. The number of amides is 3. The van der Waals surface area contributed by atoms with Gasteiger partial charge < -0.3 is 48.5 Å². The minimum Gasteiger partial charge on any atom is -0.481 e. The van der Waals surface area contributed by atoms with Crippen LogP contribution in [0, 0.1) is 0 Å². The van der Waals surface area contributed by atoms with Crippen molar-refractivity contribution in [2.45, 2.75) is 50.4 Å². The van der Waals surface area contributed by atoms with Crippen LogP contribution in [0.15, 0.2) is 4.99 Å². The number of carbonyl (C=O) groups excluding carboxylic acids is 3. The van der Waals surface area contributed by atoms with Gasteiger partial charge in [0.25, 0.3) is 0 Å². The molecule has 12 N–H and O–H groups in total. The van der Waals surface area contributed by atoms with E-state index < -0.39 is 66.9 Å². The molecule has 0 heterocycles. The lowest BCUT2D eigenvalue weighted by Gasteiger charge is -2.24. The molecule has 4 atom stereocenters. The summed E-state index contributed by atoms with van der Waals surface area (Å²) < 4.78 is 0. The van der Waals surface area contributed by atoms with Gasteiger partial charge in [-0.15, -0.1) is 0 Å². The number of rotatable bonds is 14. The van der Waals surface area contributed by atoms with Crippen LogP contribution in [-0.4, -0.2) is 88.3 Å². The van der Waals surface area contributed by atoms with Crippen molar-refractivity contribution in [3.63, 3.8) is 0 Å². The third kappa shape index (κ3) is 12.0. The van der Waals surface area contributed by atoms with E-state index in [1.807, 2.05) is 5.32 Å². The van der Waals surface area contributed by atoms with E-state index in [2.05, 4.69) is 15.6 Å². The smallest absolute Gasteiger partial charge is 0.322 e. The SMILES string of the molecule is CC(O)C(N)C(=O)NC(CCCN=C(N)N)C(=O)NC(CC(=O)O)C(=O)NCC(=O)O. The van der Waals surface area contributed by atoms with E-state index in [1.54, 1.807) is 0 Å². The minimum absolute atomic E-state index is 0.0164. The van der Waals surface area contributed by atoms with E-state index in [0.717, 1.165) is 0 Å². The van der Waals surface area contributed by atoms with E-state index in [1.165, 1.54) is 6.92 Å². The van der Waals surface area contributed by atoms with Gasteiger partial charge in [-0.1, -0.05) is 0 Å². The zero-order valence-corrected chi connectivity index (χ0v) is 16.9. The van der Waals surface area contributed by atoms with Gasteiger partial charge in [0, 0.05) is 6.54 Å². The van der Waals surface area contributed by atoms with E-state index in [4.69, 9.17) is 27.4 Å². The molecule has 0 aliphatic heterocycles. The van der Waals surface area contributed by atoms with Crippen molar-refractivity contribution in [3.05, 3.63) is 0 Å². The van der Waals surface area contributed by atoms with E-state index in [-0.39, 0.29) is 25.3 Å². The first-order chi connectivity index (χ1) is 14.3. The Hall–Kier alpha value is -3.46. The van der Waals surface area contributed by atoms with E-state index in [0.29, 0.717) is 0 Å². The second-order valence-electron chi connectivity index (χ2n) is 6.55. The first kappa shape index (κ1) is 27.5. The first-order valence-electron chi connectivity index (χ1n) is 9.16. The molecule has 0 aliphatic rings. The molecule has 0 bridgehead atoms. The number of aliphatic carboxylic acids is 2. The lowest BCUT2D eigenvalue weighted by Crippen LogP contribution is -2.57. The van der Waals surface area contributed by atoms with E-state index >= 15 is 0 Å². The number of aliphatic hydroxyl groups is 1. The van der Waals surface area contributed by atoms with Gasteiger partial charge in [0.05, 0.1) is 12.5 Å². The van der Waals surface area contributed by atoms with Crippen molar-refractivity contribution < 1.29 is 39.3 Å². The molecule has 0 fully saturated rings. The number of guanidine groups is 1. The average molecular weight is 447 g/mol. The lowest BCUT2D eigenvalue weighted by atomic mass is 10.1. The summed E-state index contributed by atoms with van der Waals surface area (Å²) in [6.07, 6.45) is -1.85. The Morgan fingerprint density at radius 1 is 0.935 bits per heavy atom. The van der Waals surface area contributed by atoms with Gasteiger partial charge in [0.2, 0.25) is 17.7 Å². The standard InChI is InChI=1S/C16H29N7O8/c1-7(24)12(17)15(31)22-8(3-2-4-20-16(18)19)14(30)23-9(5-10(25)26)13(29)21-6-11(27)28/h7-9,12,24H,2-6,17H2,1H3,(H,21,29)(H,22,31)(H,23,30)(H,25,26)(H,27,28)(H4,18,19,20). The van der Waals surface area contributed by atoms with Gasteiger partial charge in [0.15, 0.2) is 5.96 Å². The third-order valence-electron chi connectivity index (χ3n) is 3.83. The zero-order valence-electron chi connectivity index (χ0n) is 16.9. The number of hydrogen-bond acceptors (Lipinski definition) is 8. The Bertz CT molecular complexity index is 693. The lowest BCUT2D eigenvalue weighted by molar-refractivity contribution is -0.141. The highest BCUT2D eigenvalue weighted by Crippen LogP contribution is 2.03. The Kier molecular flexibility index (Phi) is 12.2. The molecule has 0 saturated heterocycles. The molecule has 176 valence electrons. The number of carboxylic acids is 2. The second-order valence-corrected chi connectivity index (χ2v) is 6.55. The van der Waals surface area contributed by atoms with Crippen LogP contribution in [-0.2, 0) is 24.0 Å². The maximum atomic E-state index is 12.6. The molecule has 0 aromatic carbocycles. The molecule has 3 amide bonds. The minimum atomic E-state index is -1.60. The summed E-state index contributed by atoms with van der Waals surface area (Å²) in [4.78, 5) is 62.2. The summed E-state index contributed by atoms with van der Waals surface area (Å²) in [5.41, 5.74) is 16.0. The van der Waals surface area contributed by atoms with Crippen LogP contribution >= 0.6 is 0 Å². The zero-order chi connectivity index (χ0) is 24.1. The van der Waals surface area contributed by atoms with Crippen molar-refractivity contribution >= 4 is 35.6 Å². The van der Waals surface area contributed by atoms with Crippen LogP contribution in [0.3, 0.4) is 0 Å². The number of carbonyl (C=O) groups is 5. The molecule has 0 saturated carbocycles. The largest absolute Gasteiger partial charge is 0.481 e. The predicted octanol–water partition coefficient (Wildman–Crippen LogP) is -4.61. The van der Waals surface area contributed by atoms with Crippen molar-refractivity contribution in [1.29, 1.82) is 0 Å². The second kappa shape index (κ2) is 13.7. The van der Waals surface area contributed by atoms with Crippen LogP contribution in [0.25, 0.3) is 0 Å². The van der Waals surface area contributed by atoms with Gasteiger partial charge >= 0.3 is 11.9 Å². The molecule has 31 heavy (non-hydrogen) atoms. The van der Waals surface area contributed by atoms with Gasteiger partial charge in [-0.3, -0.25) is 29.0 Å². The maximum absolute atomic E-state index is 12.6. The number of nitrogens with one attached hydrogen (secondary N) is 3. The number of carboxylic acid groups (broad SMARTS) is 2. The normalized spacial score (nSPS) is 14.3. The van der Waals surface area contributed by atoms with E-state index in [9.17, 15) is 29.1 Å². The highest BCUT2D eigenvalue weighted by Gasteiger charge is 2.30. The number of nitrogens with two attached hydrogens (primary N) is 3. The predicted molar refractivity (Wildman–Crippen MR) is 106 cm³/mol. The Morgan fingerprint density at radius 3 is 2.00 bits per heavy atom. The van der Waals surface area contributed by atoms with Crippen LogP contribution < -0.4 is 33.2 Å². The van der Waals surface area contributed by atoms with Crippen molar-refractivity contribution in [1.82, 2.24) is 16.0 Å². The molecule has 15 nitrogen and oxygen atoms in total. The van der Waals surface area contributed by atoms with Crippen molar-refractivity contribution in [2.75, 3.05) is 13.1 Å². The summed E-state index contributed by atoms with van der Waals surface area (Å²) in [5, 5.41) is 33.5. The van der Waals surface area contributed by atoms with Crippen LogP contribution in [0.5, 0.6) is 0 Å². The summed E-state index contributed by atoms with van der Waals surface area (Å²) in [6.45, 7) is 0.600. The molecule has 15 heteroatoms. The summed E-state index contributed by atoms with van der Waals surface area (Å²) >= 11 is 0. The first-order valence-corrected chi connectivity index (χ1v) is 9.16. The van der Waals surface area contributed by atoms with Gasteiger partial charge in [-0.05, 0) is 19.8 Å². The van der Waals surface area contributed by atoms with Crippen LogP contribution in [0.1, 0.15) is 26.2 Å². The maximum Gasteiger partial charge on any atom is 0.322 e. The van der Waals surface area contributed by atoms with Gasteiger partial charge in [-0.2, -0.15) is 0 Å². The topological polar surface area (TPSA) is 273 Å². The Labute approximate surface area is 177 Å². The molecule has 0 aromatic rings. The monoisotopic (exact) mass is 447 g/mol. The Morgan fingerprint density at radius 2 is 1.52 bits per heavy atom. The molecule has 0 radical (unpaired) electrons. The highest BCUT2D eigenvalue weighted by molar-refractivity contribution is 5.95. The number of aliphatic imine (C=N–C) groups is 1. The fourth-order valence-corrected chi connectivity index (χ4v) is 2.20. The van der Waals surface area contributed by atoms with Crippen molar-refractivity contribution in [3.8, 4) is 0 Å². The summed E-state index contributed by atoms with van der Waals surface area (Å²) in [6, 6.07) is -4.22. The molecule has 0 rings (SSSR count). The van der Waals surface area contributed by atoms with Crippen LogP contribution in [0.4, 0.5) is 0 Å². The quantitative estimate of drug-likeness (QED) is 0.0693. The van der Waals surface area contributed by atoms with Crippen LogP contribution in [0.2, 0.25) is 0 Å². The fourth-order valence-electron chi connectivity index (χ4n) is 2.20. The highest BCUT2D eigenvalue weighted by atomic mass is 16.4. The molecule has 0 aromatic heterocycles. The summed E-state index contributed by atoms with van der Waals surface area (Å²) in [7, 11) is 0. The van der Waals surface area contributed by atoms with Gasteiger partial charge in [-0.25, -0.2) is 0 Å². The summed E-state index contributed by atoms with van der Waals surface area (Å²) in [5.74, 6) is -5.80. The Balaban J connectivity index is 5.37.